The van der Waals surface area contributed by atoms with Crippen LogP contribution in [0.25, 0.3) is 0 Å². The van der Waals surface area contributed by atoms with Gasteiger partial charge in [0.2, 0.25) is 5.91 Å². The van der Waals surface area contributed by atoms with Crippen LogP contribution in [0.1, 0.15) is 27.0 Å². The Morgan fingerprint density at radius 1 is 1.06 bits per heavy atom. The number of halogens is 1. The summed E-state index contributed by atoms with van der Waals surface area (Å²) in [5.74, 6) is 0.272. The van der Waals surface area contributed by atoms with Gasteiger partial charge in [0.25, 0.3) is 5.91 Å². The fourth-order valence-electron chi connectivity index (χ4n) is 3.58. The van der Waals surface area contributed by atoms with E-state index in [-0.39, 0.29) is 17.7 Å². The van der Waals surface area contributed by atoms with Crippen molar-refractivity contribution >= 4 is 33.4 Å². The van der Waals surface area contributed by atoms with Gasteiger partial charge in [0.15, 0.2) is 0 Å². The second kappa shape index (κ2) is 9.35. The highest BCUT2D eigenvalue weighted by molar-refractivity contribution is 9.10. The van der Waals surface area contributed by atoms with Crippen molar-refractivity contribution in [3.05, 3.63) is 93.5 Å². The molecule has 4 rings (SSSR count). The summed E-state index contributed by atoms with van der Waals surface area (Å²) in [6.45, 7) is 2.88. The maximum absolute atomic E-state index is 12.7. The average Bonchev–Trinajstić information content (AvgIpc) is 2.78. The second-order valence-electron chi connectivity index (χ2n) is 7.64. The molecule has 0 spiro atoms. The molecule has 5 nitrogen and oxygen atoms in total. The minimum absolute atomic E-state index is 0.0294. The molecule has 1 heterocycles. The van der Waals surface area contributed by atoms with Crippen LogP contribution in [0.15, 0.2) is 71.2 Å². The van der Waals surface area contributed by atoms with Gasteiger partial charge in [-0.1, -0.05) is 40.2 Å². The number of carbonyl (C=O) groups excluding carboxylic acids is 2. The number of anilines is 1. The van der Waals surface area contributed by atoms with Crippen molar-refractivity contribution in [2.24, 2.45) is 5.92 Å². The Morgan fingerprint density at radius 3 is 2.61 bits per heavy atom. The van der Waals surface area contributed by atoms with Gasteiger partial charge in [-0.2, -0.15) is 0 Å². The molecule has 0 aliphatic carbocycles. The molecule has 6 heteroatoms. The van der Waals surface area contributed by atoms with Crippen molar-refractivity contribution in [3.63, 3.8) is 0 Å². The van der Waals surface area contributed by atoms with E-state index in [0.29, 0.717) is 30.8 Å². The molecule has 0 radical (unpaired) electrons. The lowest BCUT2D eigenvalue weighted by atomic mass is 9.95. The molecule has 0 fully saturated rings. The number of benzene rings is 3. The van der Waals surface area contributed by atoms with E-state index in [1.165, 1.54) is 0 Å². The standard InChI is InChI=1S/C25H23BrN2O3/c1-16-4-2-3-5-18(16)14-27-24(29)20-12-19-13-22(10-11-23(19)31-15-20)28-25(30)17-6-8-21(26)9-7-17/h2-11,13,20H,12,14-15H2,1H3,(H,27,29)(H,28,30)/t20-/m0/s1. The van der Waals surface area contributed by atoms with Crippen molar-refractivity contribution in [3.8, 4) is 5.75 Å². The molecule has 0 saturated carbocycles. The van der Waals surface area contributed by atoms with Crippen LogP contribution in [0.4, 0.5) is 5.69 Å². The van der Waals surface area contributed by atoms with Gasteiger partial charge in [0, 0.05) is 22.3 Å². The number of rotatable bonds is 5. The molecule has 0 unspecified atom stereocenters. The van der Waals surface area contributed by atoms with Crippen LogP contribution in [0.3, 0.4) is 0 Å². The summed E-state index contributed by atoms with van der Waals surface area (Å²) in [5.41, 5.74) is 4.42. The summed E-state index contributed by atoms with van der Waals surface area (Å²) < 4.78 is 6.73. The minimum atomic E-state index is -0.269. The lowest BCUT2D eigenvalue weighted by molar-refractivity contribution is -0.126. The van der Waals surface area contributed by atoms with E-state index in [1.54, 1.807) is 12.1 Å². The molecule has 2 amide bonds. The zero-order chi connectivity index (χ0) is 21.8. The Hall–Kier alpha value is -3.12. The molecular weight excluding hydrogens is 456 g/mol. The predicted molar refractivity (Wildman–Crippen MR) is 124 cm³/mol. The molecule has 1 aliphatic rings. The molecule has 0 saturated heterocycles. The van der Waals surface area contributed by atoms with Crippen molar-refractivity contribution in [2.75, 3.05) is 11.9 Å². The van der Waals surface area contributed by atoms with Crippen LogP contribution < -0.4 is 15.4 Å². The van der Waals surface area contributed by atoms with Gasteiger partial charge in [-0.05, 0) is 72.5 Å². The maximum atomic E-state index is 12.7. The lowest BCUT2D eigenvalue weighted by Gasteiger charge is -2.25. The average molecular weight is 479 g/mol. The van der Waals surface area contributed by atoms with Gasteiger partial charge in [0.1, 0.15) is 12.4 Å². The number of hydrogen-bond donors (Lipinski definition) is 2. The summed E-state index contributed by atoms with van der Waals surface area (Å²) in [7, 11) is 0. The first kappa shape index (κ1) is 21.1. The van der Waals surface area contributed by atoms with Gasteiger partial charge in [-0.25, -0.2) is 0 Å². The van der Waals surface area contributed by atoms with E-state index < -0.39 is 0 Å². The predicted octanol–water partition coefficient (Wildman–Crippen LogP) is 4.88. The first-order valence-corrected chi connectivity index (χ1v) is 10.9. The molecule has 2 N–H and O–H groups in total. The molecule has 1 aliphatic heterocycles. The normalized spacial score (nSPS) is 14.8. The Labute approximate surface area is 189 Å². The first-order valence-electron chi connectivity index (χ1n) is 10.1. The van der Waals surface area contributed by atoms with E-state index in [4.69, 9.17) is 4.74 Å². The molecular formula is C25H23BrN2O3. The van der Waals surface area contributed by atoms with Crippen LogP contribution in [0.5, 0.6) is 5.75 Å². The maximum Gasteiger partial charge on any atom is 0.255 e. The minimum Gasteiger partial charge on any atom is -0.492 e. The third kappa shape index (κ3) is 5.14. The molecule has 3 aromatic rings. The van der Waals surface area contributed by atoms with Crippen molar-refractivity contribution in [1.29, 1.82) is 0 Å². The number of hydrogen-bond acceptors (Lipinski definition) is 3. The molecule has 1 atom stereocenters. The molecule has 31 heavy (non-hydrogen) atoms. The summed E-state index contributed by atoms with van der Waals surface area (Å²) >= 11 is 3.37. The Bertz CT molecular complexity index is 1110. The third-order valence-corrected chi connectivity index (χ3v) is 5.94. The van der Waals surface area contributed by atoms with E-state index in [2.05, 4.69) is 26.6 Å². The van der Waals surface area contributed by atoms with Gasteiger partial charge in [-0.15, -0.1) is 0 Å². The van der Waals surface area contributed by atoms with E-state index in [0.717, 1.165) is 26.9 Å². The third-order valence-electron chi connectivity index (χ3n) is 5.42. The summed E-state index contributed by atoms with van der Waals surface area (Å²) in [6.07, 6.45) is 0.566. The second-order valence-corrected chi connectivity index (χ2v) is 8.56. The summed E-state index contributed by atoms with van der Waals surface area (Å²) in [6, 6.07) is 20.7. The topological polar surface area (TPSA) is 67.4 Å². The number of nitrogens with one attached hydrogen (secondary N) is 2. The smallest absolute Gasteiger partial charge is 0.255 e. The summed E-state index contributed by atoms with van der Waals surface area (Å²) in [5, 5.41) is 5.94. The van der Waals surface area contributed by atoms with Crippen molar-refractivity contribution < 1.29 is 14.3 Å². The highest BCUT2D eigenvalue weighted by Crippen LogP contribution is 2.30. The van der Waals surface area contributed by atoms with Gasteiger partial charge >= 0.3 is 0 Å². The van der Waals surface area contributed by atoms with Crippen LogP contribution in [-0.4, -0.2) is 18.4 Å². The number of ether oxygens (including phenoxy) is 1. The zero-order valence-electron chi connectivity index (χ0n) is 17.2. The number of carbonyl (C=O) groups is 2. The number of fused-ring (bicyclic) bond motifs is 1. The van der Waals surface area contributed by atoms with E-state index in [1.807, 2.05) is 61.5 Å². The van der Waals surface area contributed by atoms with Crippen molar-refractivity contribution in [1.82, 2.24) is 5.32 Å². The van der Waals surface area contributed by atoms with Crippen LogP contribution >= 0.6 is 15.9 Å². The SMILES string of the molecule is Cc1ccccc1CNC(=O)[C@@H]1COc2ccc(NC(=O)c3ccc(Br)cc3)cc2C1. The van der Waals surface area contributed by atoms with E-state index in [9.17, 15) is 9.59 Å². The number of amides is 2. The fraction of sp³-hybridized carbons (Fsp3) is 0.200. The van der Waals surface area contributed by atoms with Gasteiger partial charge in [0.05, 0.1) is 5.92 Å². The quantitative estimate of drug-likeness (QED) is 0.549. The zero-order valence-corrected chi connectivity index (χ0v) is 18.7. The number of aryl methyl sites for hydroxylation is 1. The molecule has 0 aromatic heterocycles. The Balaban J connectivity index is 1.40. The Kier molecular flexibility index (Phi) is 6.37. The monoisotopic (exact) mass is 478 g/mol. The first-order chi connectivity index (χ1) is 15.0. The molecule has 3 aromatic carbocycles. The van der Waals surface area contributed by atoms with Crippen molar-refractivity contribution in [2.45, 2.75) is 19.9 Å². The Morgan fingerprint density at radius 2 is 1.84 bits per heavy atom. The van der Waals surface area contributed by atoms with Gasteiger partial charge < -0.3 is 15.4 Å². The van der Waals surface area contributed by atoms with Crippen LogP contribution in [0.2, 0.25) is 0 Å². The fourth-order valence-corrected chi connectivity index (χ4v) is 3.84. The lowest BCUT2D eigenvalue weighted by Crippen LogP contribution is -2.37. The van der Waals surface area contributed by atoms with Crippen LogP contribution in [0, 0.1) is 12.8 Å². The van der Waals surface area contributed by atoms with E-state index >= 15 is 0 Å². The van der Waals surface area contributed by atoms with Crippen LogP contribution in [-0.2, 0) is 17.8 Å². The molecule has 0 bridgehead atoms. The summed E-state index contributed by atoms with van der Waals surface area (Å²) in [4.78, 5) is 25.2. The molecule has 158 valence electrons. The van der Waals surface area contributed by atoms with Gasteiger partial charge in [-0.3, -0.25) is 9.59 Å². The largest absolute Gasteiger partial charge is 0.492 e. The highest BCUT2D eigenvalue weighted by Gasteiger charge is 2.26. The highest BCUT2D eigenvalue weighted by atomic mass is 79.9.